The molecule has 122 valence electrons. The van der Waals surface area contributed by atoms with E-state index in [1.165, 1.54) is 38.9 Å². The fourth-order valence-electron chi connectivity index (χ4n) is 4.24. The Kier molecular flexibility index (Phi) is 5.51. The third-order valence-corrected chi connectivity index (χ3v) is 5.47. The van der Waals surface area contributed by atoms with Crippen LogP contribution in [0.4, 0.5) is 0 Å². The molecule has 1 unspecified atom stereocenters. The van der Waals surface area contributed by atoms with Gasteiger partial charge in [-0.25, -0.2) is 0 Å². The van der Waals surface area contributed by atoms with Gasteiger partial charge in [0.1, 0.15) is 0 Å². The van der Waals surface area contributed by atoms with Gasteiger partial charge in [0.15, 0.2) is 0 Å². The molecule has 0 saturated carbocycles. The van der Waals surface area contributed by atoms with E-state index in [-0.39, 0.29) is 0 Å². The average Bonchev–Trinajstić information content (AvgIpc) is 2.97. The summed E-state index contributed by atoms with van der Waals surface area (Å²) in [6.45, 7) is 10.8. The number of nitrogens with one attached hydrogen (secondary N) is 1. The number of hydrogen-bond donors (Lipinski definition) is 1. The fraction of sp³-hybridized carbons (Fsp3) is 1.00. The standard InChI is InChI=1S/C16H31N3O2/c1-17-13-16(3-8-20-9-4-16)14-18-5-2-15(12-18)19-6-10-21-11-7-19/h15,17H,2-14H2,1H3. The van der Waals surface area contributed by atoms with Crippen LogP contribution in [0.25, 0.3) is 0 Å². The first-order valence-electron chi connectivity index (χ1n) is 8.58. The number of ether oxygens (including phenoxy) is 2. The molecule has 0 amide bonds. The van der Waals surface area contributed by atoms with E-state index in [0.29, 0.717) is 5.41 Å². The van der Waals surface area contributed by atoms with Crippen molar-refractivity contribution in [1.29, 1.82) is 0 Å². The topological polar surface area (TPSA) is 37.0 Å². The highest BCUT2D eigenvalue weighted by Crippen LogP contribution is 2.32. The molecule has 1 N–H and O–H groups in total. The van der Waals surface area contributed by atoms with Crippen LogP contribution in [0.2, 0.25) is 0 Å². The Balaban J connectivity index is 1.52. The van der Waals surface area contributed by atoms with Gasteiger partial charge < -0.3 is 19.7 Å². The summed E-state index contributed by atoms with van der Waals surface area (Å²) in [5.74, 6) is 0. The zero-order valence-electron chi connectivity index (χ0n) is 13.5. The summed E-state index contributed by atoms with van der Waals surface area (Å²) in [6, 6.07) is 0.750. The third kappa shape index (κ3) is 3.96. The summed E-state index contributed by atoms with van der Waals surface area (Å²) < 4.78 is 11.1. The van der Waals surface area contributed by atoms with Crippen LogP contribution in [0.3, 0.4) is 0 Å². The lowest BCUT2D eigenvalue weighted by Gasteiger charge is -2.40. The first kappa shape index (κ1) is 15.7. The smallest absolute Gasteiger partial charge is 0.0594 e. The van der Waals surface area contributed by atoms with Crippen molar-refractivity contribution in [3.63, 3.8) is 0 Å². The van der Waals surface area contributed by atoms with Crippen LogP contribution in [0, 0.1) is 5.41 Å². The second-order valence-electron chi connectivity index (χ2n) is 6.97. The normalized spacial score (nSPS) is 31.6. The molecule has 0 radical (unpaired) electrons. The maximum absolute atomic E-state index is 5.58. The largest absolute Gasteiger partial charge is 0.381 e. The molecule has 0 spiro atoms. The summed E-state index contributed by atoms with van der Waals surface area (Å²) >= 11 is 0. The number of likely N-dealkylation sites (tertiary alicyclic amines) is 1. The lowest BCUT2D eigenvalue weighted by Crippen LogP contribution is -2.48. The molecule has 3 rings (SSSR count). The highest BCUT2D eigenvalue weighted by atomic mass is 16.5. The molecule has 5 nitrogen and oxygen atoms in total. The molecule has 0 aromatic carbocycles. The molecule has 3 aliphatic rings. The Morgan fingerprint density at radius 3 is 2.48 bits per heavy atom. The van der Waals surface area contributed by atoms with Crippen LogP contribution < -0.4 is 5.32 Å². The quantitative estimate of drug-likeness (QED) is 0.795. The number of rotatable bonds is 5. The van der Waals surface area contributed by atoms with Crippen molar-refractivity contribution in [3.8, 4) is 0 Å². The van der Waals surface area contributed by atoms with Crippen LogP contribution in [-0.2, 0) is 9.47 Å². The van der Waals surface area contributed by atoms with Gasteiger partial charge in [0.05, 0.1) is 13.2 Å². The maximum Gasteiger partial charge on any atom is 0.0594 e. The molecule has 21 heavy (non-hydrogen) atoms. The zero-order valence-corrected chi connectivity index (χ0v) is 13.5. The number of hydrogen-bond acceptors (Lipinski definition) is 5. The van der Waals surface area contributed by atoms with Gasteiger partial charge in [0.2, 0.25) is 0 Å². The van der Waals surface area contributed by atoms with Crippen molar-refractivity contribution in [3.05, 3.63) is 0 Å². The Hall–Kier alpha value is -0.200. The highest BCUT2D eigenvalue weighted by molar-refractivity contribution is 4.91. The lowest BCUT2D eigenvalue weighted by atomic mass is 9.79. The summed E-state index contributed by atoms with van der Waals surface area (Å²) in [7, 11) is 2.08. The highest BCUT2D eigenvalue weighted by Gasteiger charge is 2.37. The molecular weight excluding hydrogens is 266 g/mol. The van der Waals surface area contributed by atoms with Gasteiger partial charge in [-0.2, -0.15) is 0 Å². The summed E-state index contributed by atoms with van der Waals surface area (Å²) in [6.07, 6.45) is 3.73. The molecule has 3 saturated heterocycles. The van der Waals surface area contributed by atoms with E-state index in [0.717, 1.165) is 52.1 Å². The predicted molar refractivity (Wildman–Crippen MR) is 83.6 cm³/mol. The van der Waals surface area contributed by atoms with Gasteiger partial charge in [-0.05, 0) is 38.3 Å². The first-order chi connectivity index (χ1) is 10.3. The van der Waals surface area contributed by atoms with E-state index in [9.17, 15) is 0 Å². The minimum Gasteiger partial charge on any atom is -0.381 e. The molecule has 0 aliphatic carbocycles. The van der Waals surface area contributed by atoms with Gasteiger partial charge in [-0.1, -0.05) is 0 Å². The van der Waals surface area contributed by atoms with E-state index in [2.05, 4.69) is 22.2 Å². The van der Waals surface area contributed by atoms with Crippen LogP contribution in [0.1, 0.15) is 19.3 Å². The Morgan fingerprint density at radius 1 is 1.05 bits per heavy atom. The Bertz CT molecular complexity index is 309. The summed E-state index contributed by atoms with van der Waals surface area (Å²) in [5.41, 5.74) is 0.424. The second-order valence-corrected chi connectivity index (χ2v) is 6.97. The van der Waals surface area contributed by atoms with Crippen LogP contribution in [0.15, 0.2) is 0 Å². The van der Waals surface area contributed by atoms with Crippen molar-refractivity contribution in [2.75, 3.05) is 72.7 Å². The Labute approximate surface area is 128 Å². The summed E-state index contributed by atoms with van der Waals surface area (Å²) in [5, 5.41) is 3.42. The minimum absolute atomic E-state index is 0.424. The molecule has 5 heteroatoms. The maximum atomic E-state index is 5.58. The predicted octanol–water partition coefficient (Wildman–Crippen LogP) is 0.409. The van der Waals surface area contributed by atoms with E-state index < -0.39 is 0 Å². The van der Waals surface area contributed by atoms with Crippen LogP contribution >= 0.6 is 0 Å². The van der Waals surface area contributed by atoms with Crippen LogP contribution in [0.5, 0.6) is 0 Å². The van der Waals surface area contributed by atoms with E-state index in [4.69, 9.17) is 9.47 Å². The minimum atomic E-state index is 0.424. The molecule has 0 bridgehead atoms. The zero-order chi connectivity index (χ0) is 14.5. The molecule has 0 aromatic heterocycles. The summed E-state index contributed by atoms with van der Waals surface area (Å²) in [4.78, 5) is 5.33. The van der Waals surface area contributed by atoms with Gasteiger partial charge in [0, 0.05) is 52.0 Å². The molecule has 1 atom stereocenters. The molecule has 3 heterocycles. The first-order valence-corrected chi connectivity index (χ1v) is 8.58. The lowest BCUT2D eigenvalue weighted by molar-refractivity contribution is -0.00426. The van der Waals surface area contributed by atoms with Gasteiger partial charge >= 0.3 is 0 Å². The third-order valence-electron chi connectivity index (χ3n) is 5.47. The van der Waals surface area contributed by atoms with Gasteiger partial charge in [-0.15, -0.1) is 0 Å². The van der Waals surface area contributed by atoms with Crippen molar-refractivity contribution in [2.45, 2.75) is 25.3 Å². The van der Waals surface area contributed by atoms with Crippen molar-refractivity contribution in [2.24, 2.45) is 5.41 Å². The van der Waals surface area contributed by atoms with Crippen molar-refractivity contribution < 1.29 is 9.47 Å². The van der Waals surface area contributed by atoms with Gasteiger partial charge in [-0.3, -0.25) is 4.90 Å². The fourth-order valence-corrected chi connectivity index (χ4v) is 4.24. The van der Waals surface area contributed by atoms with E-state index >= 15 is 0 Å². The van der Waals surface area contributed by atoms with Gasteiger partial charge in [0.25, 0.3) is 0 Å². The number of nitrogens with zero attached hydrogens (tertiary/aromatic N) is 2. The second kappa shape index (κ2) is 7.38. The van der Waals surface area contributed by atoms with E-state index in [1.807, 2.05) is 0 Å². The molecule has 3 fully saturated rings. The number of morpholine rings is 1. The van der Waals surface area contributed by atoms with Crippen LogP contribution in [-0.4, -0.2) is 88.6 Å². The SMILES string of the molecule is CNCC1(CN2CCC(N3CCOCC3)C2)CCOCC1. The molecular formula is C16H31N3O2. The van der Waals surface area contributed by atoms with Crippen molar-refractivity contribution in [1.82, 2.24) is 15.1 Å². The van der Waals surface area contributed by atoms with Crippen molar-refractivity contribution >= 4 is 0 Å². The molecule has 3 aliphatic heterocycles. The average molecular weight is 297 g/mol. The molecule has 0 aromatic rings. The van der Waals surface area contributed by atoms with E-state index in [1.54, 1.807) is 0 Å². The monoisotopic (exact) mass is 297 g/mol. The Morgan fingerprint density at radius 2 is 1.76 bits per heavy atom.